The lowest BCUT2D eigenvalue weighted by Crippen LogP contribution is -2.24. The number of hydrogen-bond acceptors (Lipinski definition) is 5. The maximum Gasteiger partial charge on any atom is 0.251 e. The molecular weight excluding hydrogens is 402 g/mol. The third-order valence-electron chi connectivity index (χ3n) is 5.49. The van der Waals surface area contributed by atoms with Crippen LogP contribution in [-0.4, -0.2) is 29.5 Å². The van der Waals surface area contributed by atoms with Crippen LogP contribution in [0.25, 0.3) is 11.3 Å². The molecule has 0 spiro atoms. The van der Waals surface area contributed by atoms with Gasteiger partial charge in [0.05, 0.1) is 12.8 Å². The van der Waals surface area contributed by atoms with Crippen molar-refractivity contribution in [3.8, 4) is 28.6 Å². The van der Waals surface area contributed by atoms with Gasteiger partial charge in [-0.15, -0.1) is 0 Å². The second-order valence-electron chi connectivity index (χ2n) is 7.69. The molecule has 0 atom stereocenters. The van der Waals surface area contributed by atoms with E-state index in [1.54, 1.807) is 13.2 Å². The minimum absolute atomic E-state index is 0.0594. The zero-order chi connectivity index (χ0) is 22.2. The quantitative estimate of drug-likeness (QED) is 0.474. The van der Waals surface area contributed by atoms with E-state index in [-0.39, 0.29) is 5.91 Å². The predicted molar refractivity (Wildman–Crippen MR) is 124 cm³/mol. The maximum absolute atomic E-state index is 12.5. The first-order chi connectivity index (χ1) is 15.7. The predicted octanol–water partition coefficient (Wildman–Crippen LogP) is 5.56. The van der Waals surface area contributed by atoms with Crippen molar-refractivity contribution in [2.75, 3.05) is 13.7 Å². The summed E-state index contributed by atoms with van der Waals surface area (Å²) < 4.78 is 11.2. The minimum atomic E-state index is -0.0594. The van der Waals surface area contributed by atoms with E-state index in [2.05, 4.69) is 21.4 Å². The summed E-state index contributed by atoms with van der Waals surface area (Å²) >= 11 is 0. The van der Waals surface area contributed by atoms with E-state index in [0.29, 0.717) is 35.2 Å². The zero-order valence-corrected chi connectivity index (χ0v) is 18.2. The van der Waals surface area contributed by atoms with Crippen molar-refractivity contribution in [1.82, 2.24) is 15.3 Å². The molecule has 0 saturated carbocycles. The number of ether oxygens (including phenoxy) is 2. The molecule has 0 saturated heterocycles. The summed E-state index contributed by atoms with van der Waals surface area (Å²) in [7, 11) is 1.60. The fourth-order valence-corrected chi connectivity index (χ4v) is 3.73. The zero-order valence-electron chi connectivity index (χ0n) is 18.2. The molecule has 6 nitrogen and oxygen atoms in total. The van der Waals surface area contributed by atoms with Crippen LogP contribution in [0.3, 0.4) is 0 Å². The molecule has 0 unspecified atom stereocenters. The largest absolute Gasteiger partial charge is 0.493 e. The summed E-state index contributed by atoms with van der Waals surface area (Å²) in [5, 5.41) is 3.02. The first-order valence-corrected chi connectivity index (χ1v) is 10.9. The lowest BCUT2D eigenvalue weighted by molar-refractivity contribution is 0.0954. The average Bonchev–Trinajstić information content (AvgIpc) is 2.85. The van der Waals surface area contributed by atoms with Gasteiger partial charge in [-0.25, -0.2) is 9.97 Å². The fourth-order valence-electron chi connectivity index (χ4n) is 3.73. The number of nitrogens with zero attached hydrogens (tertiary/aromatic N) is 2. The van der Waals surface area contributed by atoms with Crippen LogP contribution in [-0.2, 0) is 0 Å². The molecule has 0 aliphatic heterocycles. The standard InChI is InChI=1S/C26H27N3O3/c1-31-23-9-5-6-10-24(23)32-25-17-22(28-18-29-25)20-11-13-21(14-12-20)26(30)27-16-15-19-7-3-2-4-8-19/h5-7,9-14,17-18H,2-4,8,15-16H2,1H3,(H,27,30). The number of amides is 1. The van der Waals surface area contributed by atoms with E-state index >= 15 is 0 Å². The van der Waals surface area contributed by atoms with Gasteiger partial charge in [0.1, 0.15) is 6.33 Å². The fraction of sp³-hybridized carbons (Fsp3) is 0.269. The smallest absolute Gasteiger partial charge is 0.251 e. The molecule has 0 fully saturated rings. The summed E-state index contributed by atoms with van der Waals surface area (Å²) in [6, 6.07) is 16.5. The molecule has 0 radical (unpaired) electrons. The molecule has 4 rings (SSSR count). The molecule has 1 aliphatic rings. The number of carbonyl (C=O) groups excluding carboxylic acids is 1. The van der Waals surface area contributed by atoms with Crippen molar-refractivity contribution in [1.29, 1.82) is 0 Å². The van der Waals surface area contributed by atoms with Gasteiger partial charge in [-0.1, -0.05) is 35.9 Å². The van der Waals surface area contributed by atoms with E-state index in [4.69, 9.17) is 9.47 Å². The Morgan fingerprint density at radius 1 is 1.03 bits per heavy atom. The van der Waals surface area contributed by atoms with Crippen molar-refractivity contribution in [3.63, 3.8) is 0 Å². The highest BCUT2D eigenvalue weighted by Crippen LogP contribution is 2.31. The van der Waals surface area contributed by atoms with E-state index < -0.39 is 0 Å². The van der Waals surface area contributed by atoms with Crippen LogP contribution in [0.15, 0.2) is 72.6 Å². The van der Waals surface area contributed by atoms with E-state index in [9.17, 15) is 4.79 Å². The molecule has 1 aromatic heterocycles. The molecule has 1 N–H and O–H groups in total. The molecule has 0 bridgehead atoms. The van der Waals surface area contributed by atoms with Crippen LogP contribution >= 0.6 is 0 Å². The number of para-hydroxylation sites is 2. The first kappa shape index (κ1) is 21.6. The number of benzene rings is 2. The second kappa shape index (κ2) is 10.6. The molecule has 1 aliphatic carbocycles. The van der Waals surface area contributed by atoms with Crippen molar-refractivity contribution in [2.45, 2.75) is 32.1 Å². The lowest BCUT2D eigenvalue weighted by atomic mass is 9.97. The van der Waals surface area contributed by atoms with Crippen LogP contribution in [0.1, 0.15) is 42.5 Å². The SMILES string of the molecule is COc1ccccc1Oc1cc(-c2ccc(C(=O)NCCC3=CCCCC3)cc2)ncn1. The summed E-state index contributed by atoms with van der Waals surface area (Å²) in [4.78, 5) is 21.0. The number of hydrogen-bond donors (Lipinski definition) is 1. The van der Waals surface area contributed by atoms with Crippen molar-refractivity contribution < 1.29 is 14.3 Å². The topological polar surface area (TPSA) is 73.3 Å². The molecular formula is C26H27N3O3. The van der Waals surface area contributed by atoms with Gasteiger partial charge in [0.15, 0.2) is 11.5 Å². The highest BCUT2D eigenvalue weighted by Gasteiger charge is 2.10. The first-order valence-electron chi connectivity index (χ1n) is 10.9. The number of aromatic nitrogens is 2. The Labute approximate surface area is 188 Å². The van der Waals surface area contributed by atoms with Crippen molar-refractivity contribution in [3.05, 3.63) is 78.1 Å². The van der Waals surface area contributed by atoms with E-state index in [0.717, 1.165) is 18.4 Å². The second-order valence-corrected chi connectivity index (χ2v) is 7.69. The van der Waals surface area contributed by atoms with Crippen LogP contribution < -0.4 is 14.8 Å². The van der Waals surface area contributed by atoms with Gasteiger partial charge in [-0.05, 0) is 56.4 Å². The van der Waals surface area contributed by atoms with Gasteiger partial charge in [-0.3, -0.25) is 4.79 Å². The van der Waals surface area contributed by atoms with Crippen LogP contribution in [0.2, 0.25) is 0 Å². The molecule has 1 heterocycles. The number of carbonyl (C=O) groups is 1. The number of rotatable bonds is 8. The highest BCUT2D eigenvalue weighted by atomic mass is 16.5. The van der Waals surface area contributed by atoms with Gasteiger partial charge >= 0.3 is 0 Å². The summed E-state index contributed by atoms with van der Waals surface area (Å²) in [5.41, 5.74) is 3.68. The maximum atomic E-state index is 12.5. The lowest BCUT2D eigenvalue weighted by Gasteiger charge is -2.13. The van der Waals surface area contributed by atoms with Gasteiger partial charge in [0.2, 0.25) is 5.88 Å². The summed E-state index contributed by atoms with van der Waals surface area (Å²) in [6.45, 7) is 0.669. The molecule has 1 amide bonds. The third kappa shape index (κ3) is 5.52. The normalized spacial score (nSPS) is 13.2. The Bertz CT molecular complexity index is 1090. The molecule has 32 heavy (non-hydrogen) atoms. The molecule has 3 aromatic rings. The van der Waals surface area contributed by atoms with Gasteiger partial charge in [-0.2, -0.15) is 0 Å². The van der Waals surface area contributed by atoms with Gasteiger partial charge in [0.25, 0.3) is 5.91 Å². The van der Waals surface area contributed by atoms with Crippen LogP contribution in [0, 0.1) is 0 Å². The van der Waals surface area contributed by atoms with E-state index in [1.165, 1.54) is 31.2 Å². The molecule has 164 valence electrons. The number of allylic oxidation sites excluding steroid dienone is 1. The minimum Gasteiger partial charge on any atom is -0.493 e. The average molecular weight is 430 g/mol. The van der Waals surface area contributed by atoms with Crippen LogP contribution in [0.4, 0.5) is 0 Å². The van der Waals surface area contributed by atoms with Gasteiger partial charge in [0, 0.05) is 23.7 Å². The van der Waals surface area contributed by atoms with Crippen molar-refractivity contribution in [2.24, 2.45) is 0 Å². The number of nitrogens with one attached hydrogen (secondary N) is 1. The van der Waals surface area contributed by atoms with E-state index in [1.807, 2.05) is 48.5 Å². The Kier molecular flexibility index (Phi) is 7.12. The molecule has 2 aromatic carbocycles. The Hall–Kier alpha value is -3.67. The monoisotopic (exact) mass is 429 g/mol. The Morgan fingerprint density at radius 2 is 1.84 bits per heavy atom. The third-order valence-corrected chi connectivity index (χ3v) is 5.49. The van der Waals surface area contributed by atoms with Gasteiger partial charge < -0.3 is 14.8 Å². The highest BCUT2D eigenvalue weighted by molar-refractivity contribution is 5.94. The summed E-state index contributed by atoms with van der Waals surface area (Å²) in [6.07, 6.45) is 9.57. The van der Waals surface area contributed by atoms with Crippen LogP contribution in [0.5, 0.6) is 17.4 Å². The Morgan fingerprint density at radius 3 is 2.59 bits per heavy atom. The molecule has 6 heteroatoms. The Balaban J connectivity index is 1.38. The number of methoxy groups -OCH3 is 1. The summed E-state index contributed by atoms with van der Waals surface area (Å²) in [5.74, 6) is 1.56. The van der Waals surface area contributed by atoms with Crippen molar-refractivity contribution >= 4 is 5.91 Å².